The lowest BCUT2D eigenvalue weighted by atomic mass is 9.98. The van der Waals surface area contributed by atoms with Crippen molar-refractivity contribution in [3.63, 3.8) is 0 Å². The van der Waals surface area contributed by atoms with Gasteiger partial charge in [0.2, 0.25) is 11.8 Å². The molecule has 0 aromatic carbocycles. The van der Waals surface area contributed by atoms with Gasteiger partial charge in [0.15, 0.2) is 5.96 Å². The van der Waals surface area contributed by atoms with Crippen LogP contribution >= 0.6 is 24.0 Å². The van der Waals surface area contributed by atoms with Gasteiger partial charge in [-0.05, 0) is 25.7 Å². The molecule has 1 heterocycles. The van der Waals surface area contributed by atoms with E-state index in [1.165, 1.54) is 0 Å². The quantitative estimate of drug-likeness (QED) is 0.191. The molecule has 0 aliphatic carbocycles. The van der Waals surface area contributed by atoms with Gasteiger partial charge in [-0.15, -0.1) is 24.0 Å². The molecule has 1 rings (SSSR count). The Morgan fingerprint density at radius 1 is 1.19 bits per heavy atom. The molecule has 2 amide bonds. The van der Waals surface area contributed by atoms with E-state index in [1.54, 1.807) is 14.2 Å². The molecule has 9 heteroatoms. The second kappa shape index (κ2) is 14.9. The van der Waals surface area contributed by atoms with Crippen molar-refractivity contribution >= 4 is 41.8 Å². The van der Waals surface area contributed by atoms with Crippen LogP contribution in [0.4, 0.5) is 0 Å². The highest BCUT2D eigenvalue weighted by Gasteiger charge is 2.26. The van der Waals surface area contributed by atoms with Gasteiger partial charge in [0.1, 0.15) is 0 Å². The first kappa shape index (κ1) is 25.9. The van der Waals surface area contributed by atoms with Crippen LogP contribution in [0.3, 0.4) is 0 Å². The van der Waals surface area contributed by atoms with Crippen molar-refractivity contribution < 1.29 is 14.3 Å². The highest BCUT2D eigenvalue weighted by atomic mass is 127. The third kappa shape index (κ3) is 9.59. The molecular formula is C18H36IN5O3. The first-order chi connectivity index (χ1) is 12.5. The van der Waals surface area contributed by atoms with E-state index in [9.17, 15) is 9.59 Å². The monoisotopic (exact) mass is 497 g/mol. The molecule has 1 aliphatic rings. The maximum absolute atomic E-state index is 12.4. The second-order valence-electron chi connectivity index (χ2n) is 6.53. The summed E-state index contributed by atoms with van der Waals surface area (Å²) in [6.07, 6.45) is 3.56. The minimum absolute atomic E-state index is 0. The molecule has 3 N–H and O–H groups in total. The maximum atomic E-state index is 12.4. The lowest BCUT2D eigenvalue weighted by Gasteiger charge is -2.34. The Kier molecular flexibility index (Phi) is 14.3. The molecule has 8 nitrogen and oxygen atoms in total. The molecule has 0 bridgehead atoms. The number of rotatable bonds is 9. The van der Waals surface area contributed by atoms with Gasteiger partial charge in [0.25, 0.3) is 0 Å². The number of amides is 2. The predicted molar refractivity (Wildman–Crippen MR) is 118 cm³/mol. The van der Waals surface area contributed by atoms with Crippen molar-refractivity contribution in [2.24, 2.45) is 10.9 Å². The van der Waals surface area contributed by atoms with E-state index in [-0.39, 0.29) is 54.3 Å². The number of nitrogens with zero attached hydrogens (tertiary/aromatic N) is 2. The Morgan fingerprint density at radius 2 is 1.81 bits per heavy atom. The Bertz CT molecular complexity index is 464. The first-order valence-corrected chi connectivity index (χ1v) is 9.57. The van der Waals surface area contributed by atoms with Gasteiger partial charge in [-0.1, -0.05) is 13.8 Å². The molecule has 1 saturated heterocycles. The third-order valence-electron chi connectivity index (χ3n) is 4.75. The van der Waals surface area contributed by atoms with Crippen LogP contribution in [0.15, 0.2) is 4.99 Å². The van der Waals surface area contributed by atoms with Crippen LogP contribution in [0.2, 0.25) is 0 Å². The number of methoxy groups -OCH3 is 1. The molecule has 27 heavy (non-hydrogen) atoms. The summed E-state index contributed by atoms with van der Waals surface area (Å²) >= 11 is 0. The van der Waals surface area contributed by atoms with E-state index in [4.69, 9.17) is 4.74 Å². The Hall–Kier alpha value is -1.10. The fraction of sp³-hybridized carbons (Fsp3) is 0.833. The van der Waals surface area contributed by atoms with Crippen molar-refractivity contribution in [2.75, 3.05) is 46.9 Å². The first-order valence-electron chi connectivity index (χ1n) is 9.57. The van der Waals surface area contributed by atoms with Crippen LogP contribution < -0.4 is 16.0 Å². The number of piperidine rings is 1. The fourth-order valence-corrected chi connectivity index (χ4v) is 3.05. The van der Waals surface area contributed by atoms with Gasteiger partial charge in [-0.25, -0.2) is 0 Å². The summed E-state index contributed by atoms with van der Waals surface area (Å²) in [5.74, 6) is 0.932. The summed E-state index contributed by atoms with van der Waals surface area (Å²) in [6, 6.07) is 0.253. The number of carbonyl (C=O) groups excluding carboxylic acids is 2. The molecular weight excluding hydrogens is 461 g/mol. The smallest absolute Gasteiger partial charge is 0.239 e. The number of halogens is 1. The predicted octanol–water partition coefficient (Wildman–Crippen LogP) is 0.959. The largest absolute Gasteiger partial charge is 0.383 e. The summed E-state index contributed by atoms with van der Waals surface area (Å²) in [7, 11) is 3.28. The van der Waals surface area contributed by atoms with Crippen LogP contribution in [-0.4, -0.2) is 75.7 Å². The normalized spacial score (nSPS) is 15.3. The molecule has 0 aromatic rings. The van der Waals surface area contributed by atoms with Gasteiger partial charge in [0, 0.05) is 45.8 Å². The molecule has 0 saturated carbocycles. The second-order valence-corrected chi connectivity index (χ2v) is 6.53. The van der Waals surface area contributed by atoms with Crippen LogP contribution in [0.1, 0.15) is 39.5 Å². The zero-order chi connectivity index (χ0) is 19.4. The zero-order valence-corrected chi connectivity index (χ0v) is 19.4. The highest BCUT2D eigenvalue weighted by molar-refractivity contribution is 14.0. The summed E-state index contributed by atoms with van der Waals surface area (Å²) in [6.45, 7) is 6.82. The van der Waals surface area contributed by atoms with Gasteiger partial charge in [0.05, 0.1) is 13.2 Å². The van der Waals surface area contributed by atoms with E-state index in [0.29, 0.717) is 19.1 Å². The molecule has 1 aliphatic heterocycles. The molecule has 158 valence electrons. The fourth-order valence-electron chi connectivity index (χ4n) is 3.05. The topological polar surface area (TPSA) is 95.1 Å². The number of hydrogen-bond donors (Lipinski definition) is 3. The van der Waals surface area contributed by atoms with Crippen molar-refractivity contribution in [1.82, 2.24) is 20.9 Å². The molecule has 0 radical (unpaired) electrons. The standard InChI is InChI=1S/C18H35N5O3.HI/c1-5-14(6-2)17(25)23-10-7-15(8-11-23)22-18(19-3)21-13-16(24)20-9-12-26-4;/h14-15H,5-13H2,1-4H3,(H,20,24)(H2,19,21,22);1H. The lowest BCUT2D eigenvalue weighted by molar-refractivity contribution is -0.136. The van der Waals surface area contributed by atoms with Crippen molar-refractivity contribution in [3.05, 3.63) is 0 Å². The lowest BCUT2D eigenvalue weighted by Crippen LogP contribution is -2.51. The van der Waals surface area contributed by atoms with E-state index in [2.05, 4.69) is 34.8 Å². The number of ether oxygens (including phenoxy) is 1. The number of nitrogens with one attached hydrogen (secondary N) is 3. The van der Waals surface area contributed by atoms with E-state index in [0.717, 1.165) is 38.8 Å². The van der Waals surface area contributed by atoms with Crippen LogP contribution in [0, 0.1) is 5.92 Å². The number of hydrogen-bond acceptors (Lipinski definition) is 4. The third-order valence-corrected chi connectivity index (χ3v) is 4.75. The maximum Gasteiger partial charge on any atom is 0.239 e. The van der Waals surface area contributed by atoms with Gasteiger partial charge in [-0.2, -0.15) is 0 Å². The van der Waals surface area contributed by atoms with Crippen LogP contribution in [-0.2, 0) is 14.3 Å². The van der Waals surface area contributed by atoms with Crippen molar-refractivity contribution in [3.8, 4) is 0 Å². The number of guanidine groups is 1. The van der Waals surface area contributed by atoms with E-state index in [1.807, 2.05) is 4.90 Å². The summed E-state index contributed by atoms with van der Waals surface area (Å²) in [4.78, 5) is 30.3. The molecule has 0 unspecified atom stereocenters. The van der Waals surface area contributed by atoms with Crippen molar-refractivity contribution in [1.29, 1.82) is 0 Å². The molecule has 0 atom stereocenters. The molecule has 0 aromatic heterocycles. The van der Waals surface area contributed by atoms with Gasteiger partial charge in [-0.3, -0.25) is 14.6 Å². The zero-order valence-electron chi connectivity index (χ0n) is 17.0. The summed E-state index contributed by atoms with van der Waals surface area (Å²) < 4.78 is 4.89. The minimum Gasteiger partial charge on any atom is -0.383 e. The SMILES string of the molecule is CCC(CC)C(=O)N1CCC(NC(=NC)NCC(=O)NCCOC)CC1.I. The number of carbonyl (C=O) groups is 2. The van der Waals surface area contributed by atoms with E-state index < -0.39 is 0 Å². The molecule has 1 fully saturated rings. The Morgan fingerprint density at radius 3 is 2.33 bits per heavy atom. The van der Waals surface area contributed by atoms with Gasteiger partial charge >= 0.3 is 0 Å². The summed E-state index contributed by atoms with van der Waals surface area (Å²) in [5.41, 5.74) is 0. The van der Waals surface area contributed by atoms with Crippen molar-refractivity contribution in [2.45, 2.75) is 45.6 Å². The van der Waals surface area contributed by atoms with Crippen LogP contribution in [0.25, 0.3) is 0 Å². The highest BCUT2D eigenvalue weighted by Crippen LogP contribution is 2.17. The average Bonchev–Trinajstić information content (AvgIpc) is 2.66. The average molecular weight is 497 g/mol. The number of aliphatic imine (C=N–C) groups is 1. The Labute approximate surface area is 180 Å². The Balaban J connectivity index is 0.00000676. The van der Waals surface area contributed by atoms with Crippen LogP contribution in [0.5, 0.6) is 0 Å². The number of likely N-dealkylation sites (tertiary alicyclic amines) is 1. The molecule has 0 spiro atoms. The van der Waals surface area contributed by atoms with E-state index >= 15 is 0 Å². The summed E-state index contributed by atoms with van der Waals surface area (Å²) in [5, 5.41) is 9.11. The van der Waals surface area contributed by atoms with Gasteiger partial charge < -0.3 is 25.6 Å². The minimum atomic E-state index is -0.101.